The molecular formula is C15H22O3. The van der Waals surface area contributed by atoms with Gasteiger partial charge in [0, 0.05) is 5.92 Å². The lowest BCUT2D eigenvalue weighted by atomic mass is 9.81. The number of aliphatic hydroxyl groups is 1. The zero-order chi connectivity index (χ0) is 13.9. The van der Waals surface area contributed by atoms with Crippen molar-refractivity contribution in [2.45, 2.75) is 51.6 Å². The van der Waals surface area contributed by atoms with Crippen molar-refractivity contribution >= 4 is 5.97 Å². The fourth-order valence-electron chi connectivity index (χ4n) is 2.09. The van der Waals surface area contributed by atoms with Gasteiger partial charge in [0.25, 0.3) is 0 Å². The van der Waals surface area contributed by atoms with Gasteiger partial charge in [-0.25, -0.2) is 4.79 Å². The van der Waals surface area contributed by atoms with Gasteiger partial charge < -0.3 is 10.2 Å². The van der Waals surface area contributed by atoms with Crippen LogP contribution in [-0.2, 0) is 4.79 Å². The van der Waals surface area contributed by atoms with Gasteiger partial charge in [0.1, 0.15) is 0 Å². The molecule has 2 atom stereocenters. The van der Waals surface area contributed by atoms with Crippen LogP contribution in [0.15, 0.2) is 24.3 Å². The highest BCUT2D eigenvalue weighted by Crippen LogP contribution is 2.31. The molecular weight excluding hydrogens is 228 g/mol. The van der Waals surface area contributed by atoms with Crippen molar-refractivity contribution in [2.75, 3.05) is 0 Å². The van der Waals surface area contributed by atoms with E-state index in [1.807, 2.05) is 24.3 Å². The highest BCUT2D eigenvalue weighted by atomic mass is 16.4. The van der Waals surface area contributed by atoms with Gasteiger partial charge in [-0.1, -0.05) is 52.0 Å². The molecule has 0 heterocycles. The van der Waals surface area contributed by atoms with E-state index < -0.39 is 17.5 Å². The number of carboxylic acid groups (broad SMARTS) is 1. The molecule has 100 valence electrons. The Kier molecular flexibility index (Phi) is 4.52. The van der Waals surface area contributed by atoms with Crippen molar-refractivity contribution in [2.24, 2.45) is 0 Å². The number of benzene rings is 1. The normalized spacial score (nSPS) is 16.3. The minimum atomic E-state index is -1.70. The molecule has 0 amide bonds. The van der Waals surface area contributed by atoms with Gasteiger partial charge in [-0.2, -0.15) is 0 Å². The average Bonchev–Trinajstić information content (AvgIpc) is 2.36. The first kappa shape index (κ1) is 14.7. The number of hydrogen-bond donors (Lipinski definition) is 2. The highest BCUT2D eigenvalue weighted by molar-refractivity contribution is 5.78. The minimum Gasteiger partial charge on any atom is -0.479 e. The van der Waals surface area contributed by atoms with Crippen molar-refractivity contribution in [3.63, 3.8) is 0 Å². The molecule has 0 aliphatic carbocycles. The first-order chi connectivity index (χ1) is 8.32. The van der Waals surface area contributed by atoms with Gasteiger partial charge in [0.15, 0.2) is 5.60 Å². The Labute approximate surface area is 108 Å². The van der Waals surface area contributed by atoms with Gasteiger partial charge in [-0.05, 0) is 23.5 Å². The van der Waals surface area contributed by atoms with Crippen LogP contribution in [0.4, 0.5) is 0 Å². The van der Waals surface area contributed by atoms with Gasteiger partial charge in [0.2, 0.25) is 0 Å². The van der Waals surface area contributed by atoms with E-state index in [4.69, 9.17) is 5.11 Å². The fraction of sp³-hybridized carbons (Fsp3) is 0.533. The highest BCUT2D eigenvalue weighted by Gasteiger charge is 2.40. The molecule has 0 radical (unpaired) electrons. The van der Waals surface area contributed by atoms with Crippen molar-refractivity contribution in [1.29, 1.82) is 0 Å². The summed E-state index contributed by atoms with van der Waals surface area (Å²) >= 11 is 0. The SMILES string of the molecule is CCC(O)(C(=O)O)C(C)c1ccc(C(C)C)cc1. The maximum Gasteiger partial charge on any atom is 0.336 e. The molecule has 0 bridgehead atoms. The molecule has 18 heavy (non-hydrogen) atoms. The lowest BCUT2D eigenvalue weighted by molar-refractivity contribution is -0.161. The monoisotopic (exact) mass is 250 g/mol. The quantitative estimate of drug-likeness (QED) is 0.844. The second-order valence-electron chi connectivity index (χ2n) is 5.13. The molecule has 2 unspecified atom stereocenters. The van der Waals surface area contributed by atoms with E-state index in [1.165, 1.54) is 5.56 Å². The third-order valence-electron chi connectivity index (χ3n) is 3.73. The molecule has 0 spiro atoms. The van der Waals surface area contributed by atoms with Crippen LogP contribution < -0.4 is 0 Å². The molecule has 3 heteroatoms. The summed E-state index contributed by atoms with van der Waals surface area (Å²) < 4.78 is 0. The maximum atomic E-state index is 11.2. The molecule has 0 aromatic heterocycles. The van der Waals surface area contributed by atoms with Crippen LogP contribution in [0.25, 0.3) is 0 Å². The van der Waals surface area contributed by atoms with Crippen LogP contribution in [0.1, 0.15) is 57.1 Å². The Morgan fingerprint density at radius 3 is 1.94 bits per heavy atom. The summed E-state index contributed by atoms with van der Waals surface area (Å²) in [6, 6.07) is 7.80. The molecule has 2 N–H and O–H groups in total. The topological polar surface area (TPSA) is 57.5 Å². The van der Waals surface area contributed by atoms with Gasteiger partial charge in [0.05, 0.1) is 0 Å². The van der Waals surface area contributed by atoms with E-state index in [2.05, 4.69) is 13.8 Å². The van der Waals surface area contributed by atoms with Crippen LogP contribution >= 0.6 is 0 Å². The molecule has 3 nitrogen and oxygen atoms in total. The smallest absolute Gasteiger partial charge is 0.336 e. The number of hydrogen-bond acceptors (Lipinski definition) is 2. The van der Waals surface area contributed by atoms with E-state index in [1.54, 1.807) is 13.8 Å². The summed E-state index contributed by atoms with van der Waals surface area (Å²) in [6.07, 6.45) is 0.190. The number of aliphatic carboxylic acids is 1. The molecule has 0 aliphatic heterocycles. The molecule has 1 rings (SSSR count). The van der Waals surface area contributed by atoms with Crippen LogP contribution in [0.2, 0.25) is 0 Å². The number of carbonyl (C=O) groups is 1. The lowest BCUT2D eigenvalue weighted by Crippen LogP contribution is -2.42. The summed E-state index contributed by atoms with van der Waals surface area (Å²) in [5, 5.41) is 19.4. The van der Waals surface area contributed by atoms with E-state index in [9.17, 15) is 9.90 Å². The Morgan fingerprint density at radius 2 is 1.61 bits per heavy atom. The molecule has 1 aromatic carbocycles. The Hall–Kier alpha value is -1.35. The second-order valence-corrected chi connectivity index (χ2v) is 5.13. The Balaban J connectivity index is 3.03. The largest absolute Gasteiger partial charge is 0.479 e. The van der Waals surface area contributed by atoms with Crippen molar-refractivity contribution < 1.29 is 15.0 Å². The number of rotatable bonds is 5. The maximum absolute atomic E-state index is 11.2. The van der Waals surface area contributed by atoms with Crippen LogP contribution in [0.5, 0.6) is 0 Å². The summed E-state index contributed by atoms with van der Waals surface area (Å²) in [5.74, 6) is -1.15. The first-order valence-corrected chi connectivity index (χ1v) is 6.38. The lowest BCUT2D eigenvalue weighted by Gasteiger charge is -2.29. The Bertz CT molecular complexity index is 408. The molecule has 0 saturated heterocycles. The summed E-state index contributed by atoms with van der Waals surface area (Å²) in [4.78, 5) is 11.2. The predicted octanol–water partition coefficient (Wildman–Crippen LogP) is 3.14. The predicted molar refractivity (Wildman–Crippen MR) is 71.8 cm³/mol. The van der Waals surface area contributed by atoms with Crippen molar-refractivity contribution in [3.8, 4) is 0 Å². The molecule has 0 aliphatic rings. The average molecular weight is 250 g/mol. The minimum absolute atomic E-state index is 0.190. The standard InChI is InChI=1S/C15H22O3/c1-5-15(18,14(16)17)11(4)13-8-6-12(7-9-13)10(2)3/h6-11,18H,5H2,1-4H3,(H,16,17). The van der Waals surface area contributed by atoms with E-state index in [0.717, 1.165) is 5.56 Å². The summed E-state index contributed by atoms with van der Waals surface area (Å²) in [7, 11) is 0. The zero-order valence-corrected chi connectivity index (χ0v) is 11.5. The van der Waals surface area contributed by atoms with Gasteiger partial charge in [-0.15, -0.1) is 0 Å². The van der Waals surface area contributed by atoms with Crippen molar-refractivity contribution in [3.05, 3.63) is 35.4 Å². The summed E-state index contributed by atoms with van der Waals surface area (Å²) in [6.45, 7) is 7.66. The van der Waals surface area contributed by atoms with Gasteiger partial charge >= 0.3 is 5.97 Å². The third kappa shape index (κ3) is 2.72. The third-order valence-corrected chi connectivity index (χ3v) is 3.73. The van der Waals surface area contributed by atoms with Gasteiger partial charge in [-0.3, -0.25) is 0 Å². The molecule has 1 aromatic rings. The fourth-order valence-corrected chi connectivity index (χ4v) is 2.09. The summed E-state index contributed by atoms with van der Waals surface area (Å²) in [5.41, 5.74) is 0.367. The van der Waals surface area contributed by atoms with Crippen LogP contribution in [-0.4, -0.2) is 21.8 Å². The molecule has 0 saturated carbocycles. The van der Waals surface area contributed by atoms with Crippen LogP contribution in [0, 0.1) is 0 Å². The second kappa shape index (κ2) is 5.53. The van der Waals surface area contributed by atoms with Crippen molar-refractivity contribution in [1.82, 2.24) is 0 Å². The van der Waals surface area contributed by atoms with E-state index in [-0.39, 0.29) is 6.42 Å². The van der Waals surface area contributed by atoms with Crippen LogP contribution in [0.3, 0.4) is 0 Å². The number of carboxylic acids is 1. The van der Waals surface area contributed by atoms with E-state index in [0.29, 0.717) is 5.92 Å². The zero-order valence-electron chi connectivity index (χ0n) is 11.5. The first-order valence-electron chi connectivity index (χ1n) is 6.38. The van der Waals surface area contributed by atoms with E-state index >= 15 is 0 Å². The molecule has 0 fully saturated rings. The Morgan fingerprint density at radius 1 is 1.17 bits per heavy atom.